The van der Waals surface area contributed by atoms with Crippen LogP contribution in [0.15, 0.2) is 25.1 Å². The van der Waals surface area contributed by atoms with Gasteiger partial charge in [-0.05, 0) is 0 Å². The molecule has 1 aliphatic rings. The first-order valence-corrected chi connectivity index (χ1v) is 5.16. The second kappa shape index (κ2) is 5.63. The van der Waals surface area contributed by atoms with E-state index in [1.165, 1.54) is 0 Å². The maximum atomic E-state index is 8.74. The fraction of sp³-hybridized carbons (Fsp3) is 0.429. The molecular weight excluding hydrogens is 208 g/mol. The summed E-state index contributed by atoms with van der Waals surface area (Å²) in [5.41, 5.74) is 0. The first-order valence-electron chi connectivity index (χ1n) is 3.76. The molecule has 0 spiro atoms. The third-order valence-corrected chi connectivity index (χ3v) is 1.30. The first-order chi connectivity index (χ1) is 6.33. The zero-order valence-electron chi connectivity index (χ0n) is 7.87. The van der Waals surface area contributed by atoms with Crippen molar-refractivity contribution in [3.63, 3.8) is 0 Å². The second-order valence-corrected chi connectivity index (χ2v) is 3.60. The predicted octanol–water partition coefficient (Wildman–Crippen LogP) is 0.196. The highest BCUT2D eigenvalue weighted by atomic mass is 32.3. The number of nitrogens with zero attached hydrogens (tertiary/aromatic N) is 2. The standard InChI is InChI=1S/C7H12N2.H2O4S/c1-3-4-9-6-5-8(2)7-9;1-5(2,3)4/h3,5-6H,1,4,7H2,2H3;(H2,1,2,3,4). The molecular formula is C7H14N2O4S. The molecule has 7 heteroatoms. The van der Waals surface area contributed by atoms with Gasteiger partial charge in [-0.25, -0.2) is 0 Å². The molecule has 0 aromatic carbocycles. The van der Waals surface area contributed by atoms with Crippen molar-refractivity contribution in [2.75, 3.05) is 20.3 Å². The summed E-state index contributed by atoms with van der Waals surface area (Å²) in [5.74, 6) is 0. The molecule has 1 aliphatic heterocycles. The van der Waals surface area contributed by atoms with Crippen molar-refractivity contribution in [2.45, 2.75) is 0 Å². The maximum absolute atomic E-state index is 8.74. The van der Waals surface area contributed by atoms with Gasteiger partial charge in [0.15, 0.2) is 0 Å². The lowest BCUT2D eigenvalue weighted by molar-refractivity contribution is 0.318. The minimum Gasteiger partial charge on any atom is -0.362 e. The van der Waals surface area contributed by atoms with E-state index in [0.717, 1.165) is 13.2 Å². The Kier molecular flexibility index (Phi) is 5.21. The van der Waals surface area contributed by atoms with E-state index < -0.39 is 10.4 Å². The van der Waals surface area contributed by atoms with Gasteiger partial charge in [0.2, 0.25) is 0 Å². The largest absolute Gasteiger partial charge is 0.394 e. The molecule has 0 saturated carbocycles. The number of hydrogen-bond donors (Lipinski definition) is 2. The molecule has 1 heterocycles. The van der Waals surface area contributed by atoms with Crippen molar-refractivity contribution in [2.24, 2.45) is 0 Å². The second-order valence-electron chi connectivity index (χ2n) is 2.70. The molecule has 0 radical (unpaired) electrons. The highest BCUT2D eigenvalue weighted by Crippen LogP contribution is 2.01. The summed E-state index contributed by atoms with van der Waals surface area (Å²) in [6.07, 6.45) is 6.04. The third-order valence-electron chi connectivity index (χ3n) is 1.30. The van der Waals surface area contributed by atoms with E-state index in [1.54, 1.807) is 0 Å². The molecule has 6 nitrogen and oxygen atoms in total. The van der Waals surface area contributed by atoms with Crippen LogP contribution in [0.1, 0.15) is 0 Å². The third kappa shape index (κ3) is 9.04. The van der Waals surface area contributed by atoms with Crippen LogP contribution in [0.2, 0.25) is 0 Å². The molecule has 0 aromatic heterocycles. The fourth-order valence-electron chi connectivity index (χ4n) is 0.873. The van der Waals surface area contributed by atoms with Crippen molar-refractivity contribution in [3.05, 3.63) is 25.1 Å². The summed E-state index contributed by atoms with van der Waals surface area (Å²) in [6, 6.07) is 0. The molecule has 0 aromatic rings. The molecule has 2 N–H and O–H groups in total. The van der Waals surface area contributed by atoms with Gasteiger partial charge in [0.25, 0.3) is 0 Å². The van der Waals surface area contributed by atoms with Crippen LogP contribution in [-0.2, 0) is 10.4 Å². The summed E-state index contributed by atoms with van der Waals surface area (Å²) < 4.78 is 31.6. The Morgan fingerprint density at radius 2 is 2.00 bits per heavy atom. The molecule has 14 heavy (non-hydrogen) atoms. The summed E-state index contributed by atoms with van der Waals surface area (Å²) in [4.78, 5) is 4.32. The van der Waals surface area contributed by atoms with E-state index in [1.807, 2.05) is 6.08 Å². The van der Waals surface area contributed by atoms with Crippen LogP contribution in [0.25, 0.3) is 0 Å². The van der Waals surface area contributed by atoms with Crippen molar-refractivity contribution in [1.29, 1.82) is 0 Å². The summed E-state index contributed by atoms with van der Waals surface area (Å²) in [7, 11) is -2.61. The topological polar surface area (TPSA) is 81.1 Å². The first kappa shape index (κ1) is 12.9. The van der Waals surface area contributed by atoms with Crippen molar-refractivity contribution in [3.8, 4) is 0 Å². The van der Waals surface area contributed by atoms with Crippen LogP contribution in [0.5, 0.6) is 0 Å². The van der Waals surface area contributed by atoms with Crippen LogP contribution in [0.4, 0.5) is 0 Å². The van der Waals surface area contributed by atoms with E-state index in [-0.39, 0.29) is 0 Å². The number of rotatable bonds is 2. The monoisotopic (exact) mass is 222 g/mol. The van der Waals surface area contributed by atoms with E-state index in [2.05, 4.69) is 35.8 Å². The zero-order chi connectivity index (χ0) is 11.2. The van der Waals surface area contributed by atoms with Gasteiger partial charge in [-0.2, -0.15) is 8.42 Å². The minimum atomic E-state index is -4.67. The summed E-state index contributed by atoms with van der Waals surface area (Å²) >= 11 is 0. The minimum absolute atomic E-state index is 0.945. The van der Waals surface area contributed by atoms with Crippen molar-refractivity contribution >= 4 is 10.4 Å². The molecule has 0 amide bonds. The number of hydrogen-bond acceptors (Lipinski definition) is 4. The summed E-state index contributed by atoms with van der Waals surface area (Å²) in [5, 5.41) is 0. The molecule has 0 aliphatic carbocycles. The molecule has 82 valence electrons. The van der Waals surface area contributed by atoms with E-state index >= 15 is 0 Å². The van der Waals surface area contributed by atoms with Crippen LogP contribution < -0.4 is 0 Å². The van der Waals surface area contributed by atoms with Crippen LogP contribution in [0, 0.1) is 0 Å². The maximum Gasteiger partial charge on any atom is 0.394 e. The molecule has 0 atom stereocenters. The van der Waals surface area contributed by atoms with Gasteiger partial charge in [-0.15, -0.1) is 6.58 Å². The van der Waals surface area contributed by atoms with Crippen molar-refractivity contribution in [1.82, 2.24) is 9.80 Å². The molecule has 1 rings (SSSR count). The Bertz CT molecular complexity index is 291. The van der Waals surface area contributed by atoms with Gasteiger partial charge >= 0.3 is 10.4 Å². The van der Waals surface area contributed by atoms with Crippen LogP contribution >= 0.6 is 0 Å². The zero-order valence-corrected chi connectivity index (χ0v) is 8.68. The molecule has 0 saturated heterocycles. The van der Waals surface area contributed by atoms with Crippen LogP contribution in [0.3, 0.4) is 0 Å². The Hall–Kier alpha value is -1.05. The highest BCUT2D eigenvalue weighted by molar-refractivity contribution is 7.79. The Morgan fingerprint density at radius 1 is 1.50 bits per heavy atom. The van der Waals surface area contributed by atoms with Gasteiger partial charge in [-0.3, -0.25) is 9.11 Å². The Morgan fingerprint density at radius 3 is 2.29 bits per heavy atom. The average molecular weight is 222 g/mol. The van der Waals surface area contributed by atoms with Gasteiger partial charge in [0.1, 0.15) is 0 Å². The van der Waals surface area contributed by atoms with Gasteiger partial charge in [0, 0.05) is 26.0 Å². The quantitative estimate of drug-likeness (QED) is 0.513. The van der Waals surface area contributed by atoms with E-state index in [4.69, 9.17) is 17.5 Å². The van der Waals surface area contributed by atoms with Crippen LogP contribution in [-0.4, -0.2) is 47.6 Å². The van der Waals surface area contributed by atoms with Gasteiger partial charge in [-0.1, -0.05) is 6.08 Å². The van der Waals surface area contributed by atoms with Gasteiger partial charge < -0.3 is 9.80 Å². The van der Waals surface area contributed by atoms with E-state index in [0.29, 0.717) is 0 Å². The highest BCUT2D eigenvalue weighted by Gasteiger charge is 2.04. The molecule has 0 bridgehead atoms. The van der Waals surface area contributed by atoms with E-state index in [9.17, 15) is 0 Å². The lowest BCUT2D eigenvalue weighted by atomic mass is 10.6. The predicted molar refractivity (Wildman–Crippen MR) is 52.9 cm³/mol. The summed E-state index contributed by atoms with van der Waals surface area (Å²) in [6.45, 7) is 5.59. The SMILES string of the molecule is C=CCN1C=CN(C)C1.O=S(=O)(O)O. The normalized spacial score (nSPS) is 15.1. The van der Waals surface area contributed by atoms with Gasteiger partial charge in [0.05, 0.1) is 6.67 Å². The van der Waals surface area contributed by atoms with Crippen molar-refractivity contribution < 1.29 is 17.5 Å². The lowest BCUT2D eigenvalue weighted by Gasteiger charge is -2.15. The average Bonchev–Trinajstić information content (AvgIpc) is 2.32. The Labute approximate surface area is 83.7 Å². The molecule has 0 unspecified atom stereocenters. The molecule has 0 fully saturated rings. The smallest absolute Gasteiger partial charge is 0.362 e. The lowest BCUT2D eigenvalue weighted by Crippen LogP contribution is -2.21. The Balaban J connectivity index is 0.000000292. The fourth-order valence-corrected chi connectivity index (χ4v) is 0.873.